The molecule has 3 unspecified atom stereocenters. The average Bonchev–Trinajstić information content (AvgIpc) is 2.42. The molecule has 1 rings (SSSR count). The van der Waals surface area contributed by atoms with Crippen LogP contribution in [0.4, 0.5) is 35.1 Å². The lowest BCUT2D eigenvalue weighted by Crippen LogP contribution is -2.74. The second-order valence-corrected chi connectivity index (χ2v) is 6.93. The first-order valence-corrected chi connectivity index (χ1v) is 7.40. The smallest absolute Gasteiger partial charge is 0.449 e. The summed E-state index contributed by atoms with van der Waals surface area (Å²) in [6, 6.07) is 0. The highest BCUT2D eigenvalue weighted by Gasteiger charge is 2.81. The minimum atomic E-state index is -6.30. The normalized spacial score (nSPS) is 33.0. The van der Waals surface area contributed by atoms with Crippen molar-refractivity contribution in [2.24, 2.45) is 5.41 Å². The predicted octanol–water partition coefficient (Wildman–Crippen LogP) is 3.96. The van der Waals surface area contributed by atoms with Crippen LogP contribution in [0.3, 0.4) is 0 Å². The first-order valence-electron chi connectivity index (χ1n) is 7.40. The molecular formula is C14H18F8O4. The summed E-state index contributed by atoms with van der Waals surface area (Å²) in [6.45, 7) is 3.93. The van der Waals surface area contributed by atoms with Crippen molar-refractivity contribution in [3.8, 4) is 0 Å². The second kappa shape index (κ2) is 6.18. The summed E-state index contributed by atoms with van der Waals surface area (Å²) in [5, 5.41) is 9.39. The van der Waals surface area contributed by atoms with Crippen molar-refractivity contribution in [1.29, 1.82) is 0 Å². The van der Waals surface area contributed by atoms with Gasteiger partial charge in [0.2, 0.25) is 0 Å². The molecule has 1 heterocycles. The van der Waals surface area contributed by atoms with Crippen LogP contribution < -0.4 is 0 Å². The van der Waals surface area contributed by atoms with Crippen molar-refractivity contribution < 1.29 is 54.5 Å². The topological polar surface area (TPSA) is 55.8 Å². The number of aliphatic hydroxyl groups is 1. The standard InChI is InChI=1S/C14H18F8O4/c1-5-9(2,3)8(23)25-7-6-10(4,13(17,18)19)26-12(24,11(7,15)16)14(20,21)22/h7,24H,5-6H2,1-4H3. The molecular weight excluding hydrogens is 384 g/mol. The highest BCUT2D eigenvalue weighted by molar-refractivity contribution is 5.76. The number of carbonyl (C=O) groups excluding carboxylic acids is 1. The van der Waals surface area contributed by atoms with E-state index in [0.29, 0.717) is 0 Å². The molecule has 0 aromatic rings. The number of carbonyl (C=O) groups is 1. The molecule has 1 N–H and O–H groups in total. The van der Waals surface area contributed by atoms with Crippen LogP contribution in [0.5, 0.6) is 0 Å². The fourth-order valence-corrected chi connectivity index (χ4v) is 2.11. The maximum atomic E-state index is 14.3. The molecule has 1 aliphatic rings. The quantitative estimate of drug-likeness (QED) is 0.574. The maximum absolute atomic E-state index is 14.3. The van der Waals surface area contributed by atoms with Gasteiger partial charge in [-0.2, -0.15) is 35.1 Å². The number of hydrogen-bond donors (Lipinski definition) is 1. The van der Waals surface area contributed by atoms with Crippen LogP contribution in [-0.2, 0) is 14.3 Å². The monoisotopic (exact) mass is 402 g/mol. The van der Waals surface area contributed by atoms with E-state index in [9.17, 15) is 45.0 Å². The zero-order valence-electron chi connectivity index (χ0n) is 14.2. The predicted molar refractivity (Wildman–Crippen MR) is 70.1 cm³/mol. The van der Waals surface area contributed by atoms with E-state index in [1.165, 1.54) is 20.8 Å². The van der Waals surface area contributed by atoms with E-state index in [1.807, 2.05) is 0 Å². The van der Waals surface area contributed by atoms with Crippen molar-refractivity contribution in [2.45, 2.75) is 76.3 Å². The van der Waals surface area contributed by atoms with Crippen LogP contribution >= 0.6 is 0 Å². The summed E-state index contributed by atoms with van der Waals surface area (Å²) in [4.78, 5) is 11.9. The molecule has 0 bridgehead atoms. The van der Waals surface area contributed by atoms with Gasteiger partial charge in [0, 0.05) is 6.42 Å². The number of ether oxygens (including phenoxy) is 2. The molecule has 0 aromatic heterocycles. The zero-order chi connectivity index (χ0) is 21.0. The van der Waals surface area contributed by atoms with Gasteiger partial charge < -0.3 is 14.6 Å². The van der Waals surface area contributed by atoms with Gasteiger partial charge in [-0.3, -0.25) is 4.79 Å². The van der Waals surface area contributed by atoms with Crippen molar-refractivity contribution in [3.63, 3.8) is 0 Å². The van der Waals surface area contributed by atoms with Crippen LogP contribution in [0.1, 0.15) is 40.5 Å². The van der Waals surface area contributed by atoms with Gasteiger partial charge in [-0.25, -0.2) is 0 Å². The molecule has 154 valence electrons. The molecule has 0 saturated carbocycles. The van der Waals surface area contributed by atoms with E-state index < -0.39 is 53.6 Å². The number of halogens is 8. The number of esters is 1. The summed E-state index contributed by atoms with van der Waals surface area (Å²) < 4.78 is 115. The third kappa shape index (κ3) is 3.49. The first kappa shape index (κ1) is 22.9. The molecule has 12 heteroatoms. The Morgan fingerprint density at radius 3 is 1.96 bits per heavy atom. The Labute approximate surface area is 143 Å². The SMILES string of the molecule is CCC(C)(C)C(=O)OC1CC(C)(C(F)(F)F)OC(O)(C(F)(F)F)C1(F)F. The zero-order valence-corrected chi connectivity index (χ0v) is 14.2. The summed E-state index contributed by atoms with van der Waals surface area (Å²) in [5.74, 6) is -12.3. The molecule has 0 amide bonds. The van der Waals surface area contributed by atoms with Gasteiger partial charge in [0.25, 0.3) is 0 Å². The van der Waals surface area contributed by atoms with E-state index >= 15 is 0 Å². The molecule has 3 atom stereocenters. The van der Waals surface area contributed by atoms with E-state index in [0.717, 1.165) is 0 Å². The summed E-state index contributed by atoms with van der Waals surface area (Å²) >= 11 is 0. The highest BCUT2D eigenvalue weighted by atomic mass is 19.4. The van der Waals surface area contributed by atoms with Gasteiger partial charge in [-0.1, -0.05) is 6.92 Å². The van der Waals surface area contributed by atoms with Crippen LogP contribution in [0.15, 0.2) is 0 Å². The molecule has 1 aliphatic heterocycles. The number of rotatable bonds is 3. The average molecular weight is 402 g/mol. The van der Waals surface area contributed by atoms with Gasteiger partial charge >= 0.3 is 30.0 Å². The Bertz CT molecular complexity index is 556. The lowest BCUT2D eigenvalue weighted by molar-refractivity contribution is -0.502. The molecule has 0 aromatic carbocycles. The maximum Gasteiger partial charge on any atom is 0.449 e. The Hall–Kier alpha value is -1.17. The Kier molecular flexibility index (Phi) is 5.44. The van der Waals surface area contributed by atoms with E-state index in [1.54, 1.807) is 0 Å². The van der Waals surface area contributed by atoms with E-state index in [2.05, 4.69) is 9.47 Å². The molecule has 0 aliphatic carbocycles. The van der Waals surface area contributed by atoms with Crippen molar-refractivity contribution in [1.82, 2.24) is 0 Å². The Balaban J connectivity index is 3.46. The third-order valence-corrected chi connectivity index (χ3v) is 4.47. The van der Waals surface area contributed by atoms with Gasteiger partial charge in [0.05, 0.1) is 5.41 Å². The Morgan fingerprint density at radius 2 is 1.62 bits per heavy atom. The summed E-state index contributed by atoms with van der Waals surface area (Å²) in [7, 11) is 0. The van der Waals surface area contributed by atoms with Crippen molar-refractivity contribution in [3.05, 3.63) is 0 Å². The molecule has 26 heavy (non-hydrogen) atoms. The Morgan fingerprint density at radius 1 is 1.15 bits per heavy atom. The molecule has 1 fully saturated rings. The first-order chi connectivity index (χ1) is 11.3. The number of alkyl halides is 8. The number of hydrogen-bond acceptors (Lipinski definition) is 4. The van der Waals surface area contributed by atoms with Crippen LogP contribution in [0.2, 0.25) is 0 Å². The minimum absolute atomic E-state index is 0.0146. The third-order valence-electron chi connectivity index (χ3n) is 4.47. The molecule has 1 saturated heterocycles. The summed E-state index contributed by atoms with van der Waals surface area (Å²) in [5.41, 5.74) is -5.28. The minimum Gasteiger partial charge on any atom is -0.455 e. The van der Waals surface area contributed by atoms with Crippen LogP contribution in [-0.4, -0.2) is 46.8 Å². The van der Waals surface area contributed by atoms with Crippen molar-refractivity contribution >= 4 is 5.97 Å². The fourth-order valence-electron chi connectivity index (χ4n) is 2.11. The lowest BCUT2D eigenvalue weighted by atomic mass is 9.84. The fraction of sp³-hybridized carbons (Fsp3) is 0.929. The largest absolute Gasteiger partial charge is 0.455 e. The van der Waals surface area contributed by atoms with Gasteiger partial charge in [0.1, 0.15) is 0 Å². The van der Waals surface area contributed by atoms with E-state index in [4.69, 9.17) is 0 Å². The summed E-state index contributed by atoms with van der Waals surface area (Å²) in [6.07, 6.45) is -16.9. The molecule has 0 spiro atoms. The van der Waals surface area contributed by atoms with Crippen LogP contribution in [0, 0.1) is 5.41 Å². The van der Waals surface area contributed by atoms with Crippen molar-refractivity contribution in [2.75, 3.05) is 0 Å². The molecule has 4 nitrogen and oxygen atoms in total. The highest BCUT2D eigenvalue weighted by Crippen LogP contribution is 2.56. The van der Waals surface area contributed by atoms with Crippen LogP contribution in [0.25, 0.3) is 0 Å². The van der Waals surface area contributed by atoms with Gasteiger partial charge in [-0.15, -0.1) is 0 Å². The van der Waals surface area contributed by atoms with Gasteiger partial charge in [0.15, 0.2) is 11.7 Å². The molecule has 0 radical (unpaired) electrons. The van der Waals surface area contributed by atoms with E-state index in [-0.39, 0.29) is 13.3 Å². The lowest BCUT2D eigenvalue weighted by Gasteiger charge is -2.51. The van der Waals surface area contributed by atoms with Gasteiger partial charge in [-0.05, 0) is 27.2 Å². The second-order valence-electron chi connectivity index (χ2n) is 6.93.